The molecule has 0 heterocycles. The van der Waals surface area contributed by atoms with E-state index in [1.165, 1.54) is 6.07 Å². The van der Waals surface area contributed by atoms with E-state index in [0.29, 0.717) is 12.2 Å². The van der Waals surface area contributed by atoms with Crippen LogP contribution in [0.15, 0.2) is 29.2 Å². The number of sulfonamides is 1. The highest BCUT2D eigenvalue weighted by molar-refractivity contribution is 7.89. The zero-order valence-electron chi connectivity index (χ0n) is 7.93. The SMILES string of the molecule is CCOCc1ccccc1S(N)(=O)=O. The van der Waals surface area contributed by atoms with Gasteiger partial charge >= 0.3 is 0 Å². The maximum atomic E-state index is 11.1. The molecule has 0 atom stereocenters. The Morgan fingerprint density at radius 3 is 2.57 bits per heavy atom. The number of benzene rings is 1. The van der Waals surface area contributed by atoms with Gasteiger partial charge in [-0.1, -0.05) is 18.2 Å². The molecule has 0 aromatic heterocycles. The molecule has 1 aromatic carbocycles. The van der Waals surface area contributed by atoms with Gasteiger partial charge in [0, 0.05) is 6.61 Å². The van der Waals surface area contributed by atoms with E-state index < -0.39 is 10.0 Å². The van der Waals surface area contributed by atoms with Gasteiger partial charge in [-0.2, -0.15) is 0 Å². The van der Waals surface area contributed by atoms with Gasteiger partial charge in [-0.15, -0.1) is 0 Å². The van der Waals surface area contributed by atoms with Crippen molar-refractivity contribution < 1.29 is 13.2 Å². The zero-order chi connectivity index (χ0) is 10.6. The Morgan fingerprint density at radius 2 is 2.00 bits per heavy atom. The highest BCUT2D eigenvalue weighted by atomic mass is 32.2. The van der Waals surface area contributed by atoms with Gasteiger partial charge in [0.15, 0.2) is 0 Å². The number of hydrogen-bond acceptors (Lipinski definition) is 3. The number of nitrogens with two attached hydrogens (primary N) is 1. The van der Waals surface area contributed by atoms with E-state index in [1.54, 1.807) is 18.2 Å². The molecule has 2 N–H and O–H groups in total. The molecule has 1 aromatic rings. The van der Waals surface area contributed by atoms with Crippen LogP contribution >= 0.6 is 0 Å². The third-order valence-electron chi connectivity index (χ3n) is 1.74. The minimum absolute atomic E-state index is 0.133. The molecular formula is C9H13NO3S. The molecule has 78 valence electrons. The molecule has 0 unspecified atom stereocenters. The molecule has 4 nitrogen and oxygen atoms in total. The first-order chi connectivity index (χ1) is 6.55. The average Bonchev–Trinajstić information content (AvgIpc) is 2.14. The first-order valence-corrected chi connectivity index (χ1v) is 5.78. The Labute approximate surface area is 83.7 Å². The quantitative estimate of drug-likeness (QED) is 0.810. The van der Waals surface area contributed by atoms with Crippen molar-refractivity contribution >= 4 is 10.0 Å². The summed E-state index contributed by atoms with van der Waals surface area (Å²) in [7, 11) is -3.64. The molecule has 0 bridgehead atoms. The van der Waals surface area contributed by atoms with Gasteiger partial charge in [-0.05, 0) is 18.6 Å². The van der Waals surface area contributed by atoms with Crippen molar-refractivity contribution in [1.82, 2.24) is 0 Å². The molecule has 0 radical (unpaired) electrons. The fourth-order valence-electron chi connectivity index (χ4n) is 1.11. The van der Waals surface area contributed by atoms with Crippen molar-refractivity contribution in [2.45, 2.75) is 18.4 Å². The molecule has 0 saturated heterocycles. The summed E-state index contributed by atoms with van der Waals surface area (Å²) in [4.78, 5) is 0.133. The normalized spacial score (nSPS) is 11.6. The summed E-state index contributed by atoms with van der Waals surface area (Å²) in [5, 5.41) is 5.05. The highest BCUT2D eigenvalue weighted by Gasteiger charge is 2.12. The van der Waals surface area contributed by atoms with E-state index in [9.17, 15) is 8.42 Å². The van der Waals surface area contributed by atoms with Crippen molar-refractivity contribution in [2.75, 3.05) is 6.61 Å². The van der Waals surface area contributed by atoms with E-state index >= 15 is 0 Å². The Morgan fingerprint density at radius 1 is 1.36 bits per heavy atom. The lowest BCUT2D eigenvalue weighted by atomic mass is 10.2. The van der Waals surface area contributed by atoms with Crippen LogP contribution in [-0.2, 0) is 21.4 Å². The van der Waals surface area contributed by atoms with Crippen molar-refractivity contribution in [1.29, 1.82) is 0 Å². The smallest absolute Gasteiger partial charge is 0.238 e. The first kappa shape index (κ1) is 11.2. The van der Waals surface area contributed by atoms with Crippen molar-refractivity contribution in [3.63, 3.8) is 0 Å². The van der Waals surface area contributed by atoms with Gasteiger partial charge < -0.3 is 4.74 Å². The number of ether oxygens (including phenoxy) is 1. The summed E-state index contributed by atoms with van der Waals surface area (Å²) in [6.07, 6.45) is 0. The van der Waals surface area contributed by atoms with Crippen LogP contribution in [0.5, 0.6) is 0 Å². The number of primary sulfonamides is 1. The van der Waals surface area contributed by atoms with E-state index in [-0.39, 0.29) is 11.5 Å². The predicted molar refractivity (Wildman–Crippen MR) is 53.1 cm³/mol. The second-order valence-corrected chi connectivity index (χ2v) is 4.32. The van der Waals surface area contributed by atoms with Crippen LogP contribution in [0.3, 0.4) is 0 Å². The summed E-state index contributed by atoms with van der Waals surface area (Å²) in [6, 6.07) is 6.55. The molecule has 0 aliphatic rings. The average molecular weight is 215 g/mol. The third-order valence-corrected chi connectivity index (χ3v) is 2.75. The van der Waals surface area contributed by atoms with Crippen molar-refractivity contribution in [3.05, 3.63) is 29.8 Å². The van der Waals surface area contributed by atoms with Crippen LogP contribution in [0.1, 0.15) is 12.5 Å². The number of hydrogen-bond donors (Lipinski definition) is 1. The Bertz CT molecular complexity index is 400. The van der Waals surface area contributed by atoms with Gasteiger partial charge in [0.1, 0.15) is 0 Å². The summed E-state index contributed by atoms with van der Waals surface area (Å²) < 4.78 is 27.4. The Hall–Kier alpha value is -0.910. The molecule has 0 aliphatic heterocycles. The lowest BCUT2D eigenvalue weighted by Crippen LogP contribution is -2.14. The van der Waals surface area contributed by atoms with E-state index in [2.05, 4.69) is 0 Å². The molecule has 14 heavy (non-hydrogen) atoms. The topological polar surface area (TPSA) is 69.4 Å². The van der Waals surface area contributed by atoms with Crippen LogP contribution in [0, 0.1) is 0 Å². The van der Waals surface area contributed by atoms with Gasteiger partial charge in [-0.25, -0.2) is 13.6 Å². The van der Waals surface area contributed by atoms with Gasteiger partial charge in [-0.3, -0.25) is 0 Å². The Kier molecular flexibility index (Phi) is 3.62. The molecule has 0 amide bonds. The fourth-order valence-corrected chi connectivity index (χ4v) is 1.87. The first-order valence-electron chi connectivity index (χ1n) is 4.24. The second kappa shape index (κ2) is 4.54. The summed E-state index contributed by atoms with van der Waals surface area (Å²) in [6.45, 7) is 2.65. The fraction of sp³-hybridized carbons (Fsp3) is 0.333. The molecular weight excluding hydrogens is 202 g/mol. The minimum atomic E-state index is -3.64. The largest absolute Gasteiger partial charge is 0.377 e. The van der Waals surface area contributed by atoms with E-state index in [4.69, 9.17) is 9.88 Å². The third kappa shape index (κ3) is 2.80. The van der Waals surface area contributed by atoms with Crippen molar-refractivity contribution in [2.24, 2.45) is 5.14 Å². The summed E-state index contributed by atoms with van der Waals surface area (Å²) >= 11 is 0. The second-order valence-electron chi connectivity index (χ2n) is 2.79. The predicted octanol–water partition coefficient (Wildman–Crippen LogP) is 0.871. The van der Waals surface area contributed by atoms with Gasteiger partial charge in [0.05, 0.1) is 11.5 Å². The molecule has 0 fully saturated rings. The lowest BCUT2D eigenvalue weighted by molar-refractivity contribution is 0.132. The summed E-state index contributed by atoms with van der Waals surface area (Å²) in [5.41, 5.74) is 0.594. The van der Waals surface area contributed by atoms with Crippen LogP contribution in [0.25, 0.3) is 0 Å². The van der Waals surface area contributed by atoms with Crippen LogP contribution < -0.4 is 5.14 Å². The van der Waals surface area contributed by atoms with Gasteiger partial charge in [0.2, 0.25) is 10.0 Å². The molecule has 1 rings (SSSR count). The van der Waals surface area contributed by atoms with Crippen LogP contribution in [-0.4, -0.2) is 15.0 Å². The molecule has 5 heteroatoms. The number of rotatable bonds is 4. The zero-order valence-corrected chi connectivity index (χ0v) is 8.75. The standard InChI is InChI=1S/C9H13NO3S/c1-2-13-7-8-5-3-4-6-9(8)14(10,11)12/h3-6H,2,7H2,1H3,(H2,10,11,12). The van der Waals surface area contributed by atoms with Gasteiger partial charge in [0.25, 0.3) is 0 Å². The van der Waals surface area contributed by atoms with Crippen LogP contribution in [0.4, 0.5) is 0 Å². The highest BCUT2D eigenvalue weighted by Crippen LogP contribution is 2.14. The Balaban J connectivity index is 3.04. The van der Waals surface area contributed by atoms with Crippen LogP contribution in [0.2, 0.25) is 0 Å². The monoisotopic (exact) mass is 215 g/mol. The molecule has 0 saturated carbocycles. The molecule has 0 spiro atoms. The molecule has 0 aliphatic carbocycles. The van der Waals surface area contributed by atoms with Crippen molar-refractivity contribution in [3.8, 4) is 0 Å². The minimum Gasteiger partial charge on any atom is -0.377 e. The van der Waals surface area contributed by atoms with E-state index in [1.807, 2.05) is 6.92 Å². The maximum absolute atomic E-state index is 11.1. The van der Waals surface area contributed by atoms with E-state index in [0.717, 1.165) is 0 Å². The maximum Gasteiger partial charge on any atom is 0.238 e. The lowest BCUT2D eigenvalue weighted by Gasteiger charge is -2.06. The summed E-state index contributed by atoms with van der Waals surface area (Å²) in [5.74, 6) is 0.